The van der Waals surface area contributed by atoms with Crippen LogP contribution in [-0.2, 0) is 16.0 Å². The van der Waals surface area contributed by atoms with Crippen molar-refractivity contribution in [2.24, 2.45) is 11.3 Å². The zero-order chi connectivity index (χ0) is 22.4. The van der Waals surface area contributed by atoms with Gasteiger partial charge in [0.2, 0.25) is 11.8 Å². The molecule has 0 bridgehead atoms. The van der Waals surface area contributed by atoms with Crippen LogP contribution in [0.15, 0.2) is 48.5 Å². The van der Waals surface area contributed by atoms with Crippen molar-refractivity contribution in [3.8, 4) is 11.1 Å². The first-order chi connectivity index (χ1) is 14.9. The minimum absolute atomic E-state index is 0.0879. The number of aryl methyl sites for hydroxylation is 1. The Hall–Kier alpha value is -2.62. The molecule has 31 heavy (non-hydrogen) atoms. The summed E-state index contributed by atoms with van der Waals surface area (Å²) in [7, 11) is 1.71. The molecule has 0 spiro atoms. The van der Waals surface area contributed by atoms with Crippen molar-refractivity contribution in [1.29, 1.82) is 0 Å². The first-order valence-corrected chi connectivity index (χ1v) is 11.6. The van der Waals surface area contributed by atoms with Gasteiger partial charge >= 0.3 is 0 Å². The van der Waals surface area contributed by atoms with Crippen LogP contribution < -0.4 is 5.32 Å². The highest BCUT2D eigenvalue weighted by Gasteiger charge is 2.42. The summed E-state index contributed by atoms with van der Waals surface area (Å²) < 4.78 is 0. The number of nitrogens with zero attached hydrogens (tertiary/aromatic N) is 1. The summed E-state index contributed by atoms with van der Waals surface area (Å²) in [5, 5.41) is 2.89. The smallest absolute Gasteiger partial charge is 0.226 e. The summed E-state index contributed by atoms with van der Waals surface area (Å²) >= 11 is 0. The van der Waals surface area contributed by atoms with Crippen LogP contribution in [0.1, 0.15) is 50.7 Å². The lowest BCUT2D eigenvalue weighted by atomic mass is 9.72. The molecule has 4 heteroatoms. The summed E-state index contributed by atoms with van der Waals surface area (Å²) in [5.74, 6) is 0.435. The zero-order valence-electron chi connectivity index (χ0n) is 19.4. The topological polar surface area (TPSA) is 49.4 Å². The fraction of sp³-hybridized carbons (Fsp3) is 0.481. The van der Waals surface area contributed by atoms with Gasteiger partial charge in [0.05, 0.1) is 5.41 Å². The minimum atomic E-state index is -0.454. The maximum absolute atomic E-state index is 12.9. The number of amides is 2. The van der Waals surface area contributed by atoms with Crippen LogP contribution in [0.5, 0.6) is 0 Å². The maximum Gasteiger partial charge on any atom is 0.226 e. The molecule has 4 nitrogen and oxygen atoms in total. The van der Waals surface area contributed by atoms with Gasteiger partial charge in [-0.05, 0) is 55.7 Å². The van der Waals surface area contributed by atoms with E-state index < -0.39 is 5.41 Å². The van der Waals surface area contributed by atoms with E-state index in [-0.39, 0.29) is 17.7 Å². The van der Waals surface area contributed by atoms with E-state index in [0.29, 0.717) is 32.4 Å². The SMILES string of the molecule is CCC(CC)C(=O)N1CCC(Cc2ccc(-c3cccc(C)c3)cc2)(C(=O)NC)CC1. The third-order valence-electron chi connectivity index (χ3n) is 6.92. The van der Waals surface area contributed by atoms with Crippen LogP contribution >= 0.6 is 0 Å². The van der Waals surface area contributed by atoms with Gasteiger partial charge in [-0.1, -0.05) is 67.9 Å². The number of likely N-dealkylation sites (tertiary alicyclic amines) is 1. The Labute approximate surface area is 187 Å². The Balaban J connectivity index is 1.74. The lowest BCUT2D eigenvalue weighted by Crippen LogP contribution is -2.51. The average Bonchev–Trinajstić information content (AvgIpc) is 2.80. The molecular weight excluding hydrogens is 384 g/mol. The molecule has 1 aliphatic heterocycles. The third kappa shape index (κ3) is 5.17. The summed E-state index contributed by atoms with van der Waals surface area (Å²) in [6, 6.07) is 17.1. The average molecular weight is 421 g/mol. The molecule has 0 unspecified atom stereocenters. The molecule has 0 saturated carbocycles. The molecule has 1 heterocycles. The van der Waals surface area contributed by atoms with Crippen molar-refractivity contribution in [2.75, 3.05) is 20.1 Å². The van der Waals surface area contributed by atoms with Gasteiger partial charge in [0.15, 0.2) is 0 Å². The number of carbonyl (C=O) groups excluding carboxylic acids is 2. The molecule has 0 radical (unpaired) electrons. The number of carbonyl (C=O) groups is 2. The van der Waals surface area contributed by atoms with Crippen LogP contribution in [0.3, 0.4) is 0 Å². The van der Waals surface area contributed by atoms with Gasteiger partial charge < -0.3 is 10.2 Å². The van der Waals surface area contributed by atoms with E-state index in [1.165, 1.54) is 22.3 Å². The predicted octanol–water partition coefficient (Wildman–Crippen LogP) is 5.00. The van der Waals surface area contributed by atoms with Crippen LogP contribution in [0.25, 0.3) is 11.1 Å². The second-order valence-electron chi connectivity index (χ2n) is 8.94. The van der Waals surface area contributed by atoms with Crippen LogP contribution in [0, 0.1) is 18.3 Å². The summed E-state index contributed by atoms with van der Waals surface area (Å²) in [6.45, 7) is 7.57. The molecule has 166 valence electrons. The number of hydrogen-bond donors (Lipinski definition) is 1. The van der Waals surface area contributed by atoms with E-state index in [1.807, 2.05) is 4.90 Å². The Morgan fingerprint density at radius 1 is 1.00 bits per heavy atom. The lowest BCUT2D eigenvalue weighted by Gasteiger charge is -2.41. The fourth-order valence-electron chi connectivity index (χ4n) is 4.83. The normalized spacial score (nSPS) is 15.7. The molecule has 1 aliphatic rings. The number of rotatable bonds is 7. The van der Waals surface area contributed by atoms with E-state index in [9.17, 15) is 9.59 Å². The van der Waals surface area contributed by atoms with Gasteiger partial charge in [-0.25, -0.2) is 0 Å². The van der Waals surface area contributed by atoms with Crippen LogP contribution in [0.2, 0.25) is 0 Å². The largest absolute Gasteiger partial charge is 0.359 e. The van der Waals surface area contributed by atoms with Gasteiger partial charge in [-0.2, -0.15) is 0 Å². The molecule has 2 aromatic carbocycles. The van der Waals surface area contributed by atoms with Gasteiger partial charge in [-0.15, -0.1) is 0 Å². The van der Waals surface area contributed by atoms with Gasteiger partial charge in [-0.3, -0.25) is 9.59 Å². The van der Waals surface area contributed by atoms with Crippen molar-refractivity contribution in [3.05, 3.63) is 59.7 Å². The molecule has 0 aliphatic carbocycles. The van der Waals surface area contributed by atoms with E-state index in [0.717, 1.165) is 12.8 Å². The quantitative estimate of drug-likeness (QED) is 0.686. The molecule has 3 rings (SSSR count). The van der Waals surface area contributed by atoms with Crippen LogP contribution in [-0.4, -0.2) is 36.9 Å². The second kappa shape index (κ2) is 10.1. The van der Waals surface area contributed by atoms with Crippen LogP contribution in [0.4, 0.5) is 0 Å². The number of hydrogen-bond acceptors (Lipinski definition) is 2. The molecule has 2 aromatic rings. The van der Waals surface area contributed by atoms with E-state index in [1.54, 1.807) is 7.05 Å². The Morgan fingerprint density at radius 3 is 2.19 bits per heavy atom. The monoisotopic (exact) mass is 420 g/mol. The highest BCUT2D eigenvalue weighted by atomic mass is 16.2. The van der Waals surface area contributed by atoms with E-state index in [2.05, 4.69) is 74.6 Å². The summed E-state index contributed by atoms with van der Waals surface area (Å²) in [4.78, 5) is 27.7. The first kappa shape index (κ1) is 23.1. The molecule has 0 aromatic heterocycles. The standard InChI is InChI=1S/C27H36N2O2/c1-5-22(6-2)25(30)29-16-14-27(15-17-29,26(31)28-4)19-21-10-12-23(13-11-21)24-9-7-8-20(3)18-24/h7-13,18,22H,5-6,14-17,19H2,1-4H3,(H,28,31). The summed E-state index contributed by atoms with van der Waals surface area (Å²) in [5.41, 5.74) is 4.35. The Bertz CT molecular complexity index is 892. The molecule has 1 saturated heterocycles. The first-order valence-electron chi connectivity index (χ1n) is 11.6. The number of nitrogens with one attached hydrogen (secondary N) is 1. The molecule has 1 fully saturated rings. The van der Waals surface area contributed by atoms with Crippen molar-refractivity contribution in [2.45, 2.75) is 52.9 Å². The fourth-order valence-corrected chi connectivity index (χ4v) is 4.83. The maximum atomic E-state index is 12.9. The number of piperidine rings is 1. The highest BCUT2D eigenvalue weighted by Crippen LogP contribution is 2.36. The van der Waals surface area contributed by atoms with E-state index in [4.69, 9.17) is 0 Å². The number of benzene rings is 2. The minimum Gasteiger partial charge on any atom is -0.359 e. The molecule has 0 atom stereocenters. The molecular formula is C27H36N2O2. The van der Waals surface area contributed by atoms with Crippen molar-refractivity contribution in [1.82, 2.24) is 10.2 Å². The van der Waals surface area contributed by atoms with Gasteiger partial charge in [0.25, 0.3) is 0 Å². The van der Waals surface area contributed by atoms with Crippen molar-refractivity contribution in [3.63, 3.8) is 0 Å². The van der Waals surface area contributed by atoms with Crippen molar-refractivity contribution >= 4 is 11.8 Å². The molecule has 1 N–H and O–H groups in total. The lowest BCUT2D eigenvalue weighted by molar-refractivity contribution is -0.143. The van der Waals surface area contributed by atoms with E-state index >= 15 is 0 Å². The molecule has 2 amide bonds. The Kier molecular flexibility index (Phi) is 7.53. The highest BCUT2D eigenvalue weighted by molar-refractivity contribution is 5.84. The van der Waals surface area contributed by atoms with Gasteiger partial charge in [0.1, 0.15) is 0 Å². The van der Waals surface area contributed by atoms with Gasteiger partial charge in [0, 0.05) is 26.1 Å². The third-order valence-corrected chi connectivity index (χ3v) is 6.92. The second-order valence-corrected chi connectivity index (χ2v) is 8.94. The van der Waals surface area contributed by atoms with Crippen molar-refractivity contribution < 1.29 is 9.59 Å². The predicted molar refractivity (Wildman–Crippen MR) is 127 cm³/mol. The summed E-state index contributed by atoms with van der Waals surface area (Å²) in [6.07, 6.45) is 3.86. The zero-order valence-corrected chi connectivity index (χ0v) is 19.4. The Morgan fingerprint density at radius 2 is 1.65 bits per heavy atom.